The lowest BCUT2D eigenvalue weighted by Gasteiger charge is -1.99. The van der Waals surface area contributed by atoms with E-state index in [2.05, 4.69) is 9.97 Å². The number of fused-ring (bicyclic) bond motifs is 1. The molecule has 0 saturated heterocycles. The van der Waals surface area contributed by atoms with Crippen LogP contribution in [0.15, 0.2) is 60.9 Å². The van der Waals surface area contributed by atoms with E-state index >= 15 is 0 Å². The van der Waals surface area contributed by atoms with Crippen molar-refractivity contribution >= 4 is 22.7 Å². The Balaban J connectivity index is 0.000000172. The number of aromatic carboxylic acids is 2. The molecule has 110 valence electrons. The Labute approximate surface area is 125 Å². The van der Waals surface area contributed by atoms with Crippen LogP contribution in [-0.4, -0.2) is 32.1 Å². The fourth-order valence-corrected chi connectivity index (χ4v) is 1.78. The van der Waals surface area contributed by atoms with Crippen molar-refractivity contribution in [2.75, 3.05) is 0 Å². The molecule has 0 aliphatic heterocycles. The fraction of sp³-hybridized carbons (Fsp3) is 0. The van der Waals surface area contributed by atoms with E-state index in [1.165, 1.54) is 18.5 Å². The summed E-state index contributed by atoms with van der Waals surface area (Å²) in [5.74, 6) is -1.98. The molecule has 3 aromatic rings. The van der Waals surface area contributed by atoms with Crippen molar-refractivity contribution in [2.45, 2.75) is 0 Å². The molecule has 2 N–H and O–H groups in total. The molecule has 0 bridgehead atoms. The maximum Gasteiger partial charge on any atom is 0.355 e. The first-order valence-corrected chi connectivity index (χ1v) is 6.31. The van der Waals surface area contributed by atoms with Crippen LogP contribution in [0.25, 0.3) is 10.8 Å². The van der Waals surface area contributed by atoms with Crippen LogP contribution in [0.2, 0.25) is 0 Å². The summed E-state index contributed by atoms with van der Waals surface area (Å²) in [6, 6.07) is 13.8. The molecule has 0 saturated carbocycles. The second kappa shape index (κ2) is 6.94. The number of rotatable bonds is 2. The van der Waals surface area contributed by atoms with E-state index in [9.17, 15) is 9.59 Å². The molecule has 3 rings (SSSR count). The largest absolute Gasteiger partial charge is 0.477 e. The minimum absolute atomic E-state index is 0.0810. The molecular formula is C16H12N2O4. The second-order valence-electron chi connectivity index (χ2n) is 4.21. The molecule has 6 nitrogen and oxygen atoms in total. The van der Waals surface area contributed by atoms with E-state index in [1.807, 2.05) is 12.1 Å². The topological polar surface area (TPSA) is 100 Å². The molecule has 0 atom stereocenters. The van der Waals surface area contributed by atoms with Crippen LogP contribution in [-0.2, 0) is 0 Å². The fourth-order valence-electron chi connectivity index (χ4n) is 1.78. The molecule has 6 heteroatoms. The number of benzene rings is 1. The van der Waals surface area contributed by atoms with E-state index in [0.29, 0.717) is 5.39 Å². The monoisotopic (exact) mass is 296 g/mol. The van der Waals surface area contributed by atoms with Crippen LogP contribution in [0, 0.1) is 0 Å². The highest BCUT2D eigenvalue weighted by Gasteiger charge is 2.07. The molecule has 0 aliphatic carbocycles. The molecule has 22 heavy (non-hydrogen) atoms. The summed E-state index contributed by atoms with van der Waals surface area (Å²) in [6.07, 6.45) is 2.95. The second-order valence-corrected chi connectivity index (χ2v) is 4.21. The third-order valence-corrected chi connectivity index (χ3v) is 2.76. The Morgan fingerprint density at radius 1 is 0.773 bits per heavy atom. The van der Waals surface area contributed by atoms with Crippen molar-refractivity contribution in [3.63, 3.8) is 0 Å². The van der Waals surface area contributed by atoms with Gasteiger partial charge in [0.15, 0.2) is 5.69 Å². The van der Waals surface area contributed by atoms with Crippen LogP contribution in [0.4, 0.5) is 0 Å². The van der Waals surface area contributed by atoms with E-state index in [-0.39, 0.29) is 11.4 Å². The predicted molar refractivity (Wildman–Crippen MR) is 79.9 cm³/mol. The summed E-state index contributed by atoms with van der Waals surface area (Å²) < 4.78 is 0. The van der Waals surface area contributed by atoms with Gasteiger partial charge < -0.3 is 10.2 Å². The van der Waals surface area contributed by atoms with Crippen molar-refractivity contribution in [2.24, 2.45) is 0 Å². The van der Waals surface area contributed by atoms with Crippen molar-refractivity contribution < 1.29 is 19.8 Å². The third-order valence-electron chi connectivity index (χ3n) is 2.76. The number of pyridine rings is 2. The van der Waals surface area contributed by atoms with Crippen LogP contribution >= 0.6 is 0 Å². The molecule has 2 heterocycles. The number of carbonyl (C=O) groups is 2. The molecule has 0 fully saturated rings. The van der Waals surface area contributed by atoms with E-state index < -0.39 is 11.9 Å². The number of carboxylic acid groups (broad SMARTS) is 2. The van der Waals surface area contributed by atoms with Crippen molar-refractivity contribution in [3.05, 3.63) is 72.3 Å². The molecule has 0 radical (unpaired) electrons. The zero-order valence-corrected chi connectivity index (χ0v) is 11.4. The van der Waals surface area contributed by atoms with Crippen LogP contribution in [0.3, 0.4) is 0 Å². The first-order chi connectivity index (χ1) is 10.6. The van der Waals surface area contributed by atoms with Gasteiger partial charge in [-0.15, -0.1) is 0 Å². The number of nitrogens with zero attached hydrogens (tertiary/aromatic N) is 2. The Morgan fingerprint density at radius 3 is 2.09 bits per heavy atom. The summed E-state index contributed by atoms with van der Waals surface area (Å²) in [5, 5.41) is 18.7. The Bertz CT molecular complexity index is 798. The standard InChI is InChI=1S/C10H7NO2.C6H5NO2/c12-10(13)9-8-4-2-1-3-7(8)5-6-11-9;8-6(9)5-3-1-2-4-7-5/h1-6H,(H,12,13);1-4H,(H,8,9). The number of hydrogen-bond donors (Lipinski definition) is 2. The predicted octanol–water partition coefficient (Wildman–Crippen LogP) is 2.71. The highest BCUT2D eigenvalue weighted by molar-refractivity contribution is 6.01. The maximum absolute atomic E-state index is 10.8. The molecule has 0 aliphatic rings. The molecule has 1 aromatic carbocycles. The lowest BCUT2D eigenvalue weighted by Crippen LogP contribution is -2.00. The van der Waals surface area contributed by atoms with E-state index in [4.69, 9.17) is 10.2 Å². The SMILES string of the molecule is O=C(O)c1ccccn1.O=C(O)c1nccc2ccccc12. The lowest BCUT2D eigenvalue weighted by atomic mass is 10.1. The van der Waals surface area contributed by atoms with Crippen molar-refractivity contribution in [3.8, 4) is 0 Å². The van der Waals surface area contributed by atoms with E-state index in [0.717, 1.165) is 5.39 Å². The quantitative estimate of drug-likeness (QED) is 0.754. The van der Waals surface area contributed by atoms with Gasteiger partial charge in [0.1, 0.15) is 5.69 Å². The summed E-state index contributed by atoms with van der Waals surface area (Å²) in [5.41, 5.74) is 0.190. The van der Waals surface area contributed by atoms with Gasteiger partial charge in [-0.2, -0.15) is 0 Å². The Morgan fingerprint density at radius 2 is 1.50 bits per heavy atom. The van der Waals surface area contributed by atoms with Gasteiger partial charge >= 0.3 is 11.9 Å². The minimum Gasteiger partial charge on any atom is -0.477 e. The van der Waals surface area contributed by atoms with Gasteiger partial charge in [-0.05, 0) is 23.6 Å². The molecule has 0 spiro atoms. The van der Waals surface area contributed by atoms with Crippen LogP contribution < -0.4 is 0 Å². The van der Waals surface area contributed by atoms with Gasteiger partial charge in [-0.3, -0.25) is 0 Å². The van der Waals surface area contributed by atoms with Gasteiger partial charge in [0.2, 0.25) is 0 Å². The summed E-state index contributed by atoms with van der Waals surface area (Å²) in [6.45, 7) is 0. The normalized spacial score (nSPS) is 9.64. The molecule has 0 amide bonds. The van der Waals surface area contributed by atoms with Gasteiger partial charge in [0.25, 0.3) is 0 Å². The summed E-state index contributed by atoms with van der Waals surface area (Å²) in [4.78, 5) is 28.3. The van der Waals surface area contributed by atoms with E-state index in [1.54, 1.807) is 30.3 Å². The zero-order chi connectivity index (χ0) is 15.9. The van der Waals surface area contributed by atoms with Gasteiger partial charge in [0.05, 0.1) is 0 Å². The highest BCUT2D eigenvalue weighted by Crippen LogP contribution is 2.15. The molecule has 2 aromatic heterocycles. The third kappa shape index (κ3) is 3.63. The van der Waals surface area contributed by atoms with Gasteiger partial charge in [-0.25, -0.2) is 19.6 Å². The summed E-state index contributed by atoms with van der Waals surface area (Å²) >= 11 is 0. The Kier molecular flexibility index (Phi) is 4.77. The number of carboxylic acids is 2. The first kappa shape index (κ1) is 15.1. The Hall–Kier alpha value is -3.28. The average Bonchev–Trinajstić information content (AvgIpc) is 2.55. The van der Waals surface area contributed by atoms with Crippen molar-refractivity contribution in [1.29, 1.82) is 0 Å². The van der Waals surface area contributed by atoms with Crippen LogP contribution in [0.5, 0.6) is 0 Å². The van der Waals surface area contributed by atoms with Crippen LogP contribution in [0.1, 0.15) is 21.0 Å². The molecule has 0 unspecified atom stereocenters. The number of hydrogen-bond acceptors (Lipinski definition) is 4. The number of aromatic nitrogens is 2. The van der Waals surface area contributed by atoms with Crippen molar-refractivity contribution in [1.82, 2.24) is 9.97 Å². The maximum atomic E-state index is 10.8. The smallest absolute Gasteiger partial charge is 0.355 e. The zero-order valence-electron chi connectivity index (χ0n) is 11.4. The molecular weight excluding hydrogens is 284 g/mol. The average molecular weight is 296 g/mol. The first-order valence-electron chi connectivity index (χ1n) is 6.31. The lowest BCUT2D eigenvalue weighted by molar-refractivity contribution is 0.0681. The summed E-state index contributed by atoms with van der Waals surface area (Å²) in [7, 11) is 0. The minimum atomic E-state index is -0.990. The highest BCUT2D eigenvalue weighted by atomic mass is 16.4. The van der Waals surface area contributed by atoms with Gasteiger partial charge in [-0.1, -0.05) is 30.3 Å². The van der Waals surface area contributed by atoms with Gasteiger partial charge in [0, 0.05) is 17.8 Å².